The molecule has 0 aromatic heterocycles. The van der Waals surface area contributed by atoms with E-state index in [1.165, 1.54) is 100 Å². The zero-order valence-corrected chi connectivity index (χ0v) is 38.5. The predicted octanol–water partition coefficient (Wildman–Crippen LogP) is 17.4. The molecule has 67 heavy (non-hydrogen) atoms. The average Bonchev–Trinajstić information content (AvgIpc) is 3.80. The maximum absolute atomic E-state index is 2.55. The molecule has 10 aromatic rings. The van der Waals surface area contributed by atoms with Gasteiger partial charge in [-0.05, 0) is 145 Å². The lowest BCUT2D eigenvalue weighted by Gasteiger charge is -2.35. The van der Waals surface area contributed by atoms with Gasteiger partial charge in [-0.2, -0.15) is 0 Å². The van der Waals surface area contributed by atoms with Crippen LogP contribution in [-0.2, 0) is 10.8 Å². The highest BCUT2D eigenvalue weighted by atomic mass is 15.1. The Labute approximate surface area is 395 Å². The van der Waals surface area contributed by atoms with Gasteiger partial charge in [0, 0.05) is 22.4 Å². The van der Waals surface area contributed by atoms with Crippen molar-refractivity contribution in [1.29, 1.82) is 0 Å². The molecule has 0 atom stereocenters. The van der Waals surface area contributed by atoms with E-state index in [9.17, 15) is 0 Å². The van der Waals surface area contributed by atoms with Crippen molar-refractivity contribution < 1.29 is 0 Å². The number of hydrogen-bond acceptors (Lipinski definition) is 1. The van der Waals surface area contributed by atoms with E-state index >= 15 is 0 Å². The van der Waals surface area contributed by atoms with Gasteiger partial charge in [0.2, 0.25) is 0 Å². The van der Waals surface area contributed by atoms with Gasteiger partial charge in [-0.1, -0.05) is 214 Å². The fourth-order valence-corrected chi connectivity index (χ4v) is 11.7. The normalized spacial score (nSPS) is 13.6. The van der Waals surface area contributed by atoms with Gasteiger partial charge in [0.15, 0.2) is 0 Å². The van der Waals surface area contributed by atoms with Crippen LogP contribution in [0.15, 0.2) is 237 Å². The lowest BCUT2D eigenvalue weighted by atomic mass is 9.67. The quantitative estimate of drug-likeness (QED) is 0.147. The molecule has 1 nitrogen and oxygen atoms in total. The van der Waals surface area contributed by atoms with Crippen LogP contribution < -0.4 is 4.90 Å². The molecule has 0 fully saturated rings. The Morgan fingerprint density at radius 2 is 0.761 bits per heavy atom. The van der Waals surface area contributed by atoms with Crippen molar-refractivity contribution in [3.05, 3.63) is 281 Å². The van der Waals surface area contributed by atoms with Crippen LogP contribution in [0.3, 0.4) is 0 Å². The van der Waals surface area contributed by atoms with E-state index in [1.807, 2.05) is 0 Å². The SMILES string of the molecule is Cc1cccc(C)c1-c1cc(-c2ccc(-c3ccccc3)cc2)ccc1N(c1ccc2c(c1)C(C)(C)c1ccccc1-2)c1ccc2c(c1)C(c1ccccc1)(c1ccccc1)c1ccccc1-2. The molecule has 0 spiro atoms. The van der Waals surface area contributed by atoms with Crippen LogP contribution in [0.1, 0.15) is 58.4 Å². The van der Waals surface area contributed by atoms with Crippen LogP contribution in [0, 0.1) is 13.8 Å². The molecule has 10 aromatic carbocycles. The number of aryl methyl sites for hydroxylation is 2. The third kappa shape index (κ3) is 6.37. The first-order valence-electron chi connectivity index (χ1n) is 23.6. The summed E-state index contributed by atoms with van der Waals surface area (Å²) in [5.41, 5.74) is 25.4. The minimum atomic E-state index is -0.539. The van der Waals surface area contributed by atoms with E-state index in [0.717, 1.165) is 17.1 Å². The molecule has 12 rings (SSSR count). The lowest BCUT2D eigenvalue weighted by molar-refractivity contribution is 0.660. The Hall–Kier alpha value is -8.00. The molecule has 1 heteroatoms. The van der Waals surface area contributed by atoms with Crippen molar-refractivity contribution in [3.8, 4) is 55.6 Å². The fraction of sp³-hybridized carbons (Fsp3) is 0.0909. The molecule has 0 aliphatic heterocycles. The van der Waals surface area contributed by atoms with Gasteiger partial charge in [-0.3, -0.25) is 0 Å². The second-order valence-electron chi connectivity index (χ2n) is 18.9. The third-order valence-corrected chi connectivity index (χ3v) is 14.8. The second-order valence-corrected chi connectivity index (χ2v) is 18.9. The van der Waals surface area contributed by atoms with E-state index < -0.39 is 5.41 Å². The predicted molar refractivity (Wildman–Crippen MR) is 282 cm³/mol. The molecular weight excluding hydrogens is 807 g/mol. The number of fused-ring (bicyclic) bond motifs is 6. The molecule has 320 valence electrons. The summed E-state index contributed by atoms with van der Waals surface area (Å²) in [5, 5.41) is 0. The van der Waals surface area contributed by atoms with Crippen molar-refractivity contribution in [2.24, 2.45) is 0 Å². The molecule has 0 radical (unpaired) electrons. The molecule has 0 bridgehead atoms. The maximum atomic E-state index is 2.55. The summed E-state index contributed by atoms with van der Waals surface area (Å²) in [6, 6.07) is 88.2. The van der Waals surface area contributed by atoms with E-state index in [2.05, 4.69) is 269 Å². The Morgan fingerprint density at radius 1 is 0.313 bits per heavy atom. The minimum absolute atomic E-state index is 0.172. The third-order valence-electron chi connectivity index (χ3n) is 14.8. The van der Waals surface area contributed by atoms with Gasteiger partial charge >= 0.3 is 0 Å². The van der Waals surface area contributed by atoms with Crippen LogP contribution in [0.2, 0.25) is 0 Å². The highest BCUT2D eigenvalue weighted by Crippen LogP contribution is 2.58. The Balaban J connectivity index is 1.13. The van der Waals surface area contributed by atoms with Crippen LogP contribution in [-0.4, -0.2) is 0 Å². The summed E-state index contributed by atoms with van der Waals surface area (Å²) in [4.78, 5) is 2.55. The van der Waals surface area contributed by atoms with Crippen molar-refractivity contribution in [2.45, 2.75) is 38.5 Å². The van der Waals surface area contributed by atoms with Crippen molar-refractivity contribution in [1.82, 2.24) is 0 Å². The summed E-state index contributed by atoms with van der Waals surface area (Å²) in [6.07, 6.45) is 0. The highest BCUT2D eigenvalue weighted by Gasteiger charge is 2.46. The first kappa shape index (κ1) is 40.5. The van der Waals surface area contributed by atoms with Crippen LogP contribution in [0.25, 0.3) is 55.6 Å². The van der Waals surface area contributed by atoms with Crippen molar-refractivity contribution in [3.63, 3.8) is 0 Å². The fourth-order valence-electron chi connectivity index (χ4n) is 11.7. The maximum Gasteiger partial charge on any atom is 0.0714 e. The van der Waals surface area contributed by atoms with Crippen LogP contribution in [0.4, 0.5) is 17.1 Å². The van der Waals surface area contributed by atoms with Gasteiger partial charge in [0.05, 0.1) is 11.1 Å². The van der Waals surface area contributed by atoms with Crippen LogP contribution >= 0.6 is 0 Å². The summed E-state index contributed by atoms with van der Waals surface area (Å²) >= 11 is 0. The van der Waals surface area contributed by atoms with E-state index in [-0.39, 0.29) is 5.41 Å². The van der Waals surface area contributed by atoms with Gasteiger partial charge < -0.3 is 4.90 Å². The number of hydrogen-bond donors (Lipinski definition) is 0. The molecule has 0 saturated heterocycles. The first-order chi connectivity index (χ1) is 32.8. The summed E-state index contributed by atoms with van der Waals surface area (Å²) < 4.78 is 0. The lowest BCUT2D eigenvalue weighted by Crippen LogP contribution is -2.28. The second kappa shape index (κ2) is 15.9. The van der Waals surface area contributed by atoms with E-state index in [0.29, 0.717) is 0 Å². The minimum Gasteiger partial charge on any atom is -0.310 e. The first-order valence-corrected chi connectivity index (χ1v) is 23.6. The smallest absolute Gasteiger partial charge is 0.0714 e. The summed E-state index contributed by atoms with van der Waals surface area (Å²) in [7, 11) is 0. The molecule has 0 saturated carbocycles. The standard InChI is InChI=1S/C66H51N/c1-44-19-18-20-45(2)64(44)58-41-49(48-33-31-47(32-34-48)46-21-8-5-9-22-46)35-40-63(58)67(52-36-38-56-54-27-14-16-29-59(54)65(3,4)61(56)42-52)53-37-39-57-55-28-15-17-30-60(55)66(62(57)43-53,50-23-10-6-11-24-50)51-25-12-7-13-26-51/h5-43H,1-4H3. The topological polar surface area (TPSA) is 3.24 Å². The van der Waals surface area contributed by atoms with Crippen LogP contribution in [0.5, 0.6) is 0 Å². The largest absolute Gasteiger partial charge is 0.310 e. The monoisotopic (exact) mass is 857 g/mol. The van der Waals surface area contributed by atoms with Gasteiger partial charge in [0.1, 0.15) is 0 Å². The average molecular weight is 858 g/mol. The number of rotatable bonds is 8. The molecule has 2 aliphatic carbocycles. The van der Waals surface area contributed by atoms with Crippen molar-refractivity contribution >= 4 is 17.1 Å². The van der Waals surface area contributed by atoms with Crippen molar-refractivity contribution in [2.75, 3.05) is 4.90 Å². The summed E-state index contributed by atoms with van der Waals surface area (Å²) in [5.74, 6) is 0. The van der Waals surface area contributed by atoms with E-state index in [1.54, 1.807) is 0 Å². The summed E-state index contributed by atoms with van der Waals surface area (Å²) in [6.45, 7) is 9.28. The molecule has 0 amide bonds. The van der Waals surface area contributed by atoms with Gasteiger partial charge in [-0.15, -0.1) is 0 Å². The molecule has 0 N–H and O–H groups in total. The van der Waals surface area contributed by atoms with Gasteiger partial charge in [-0.25, -0.2) is 0 Å². The zero-order valence-electron chi connectivity index (χ0n) is 38.5. The highest BCUT2D eigenvalue weighted by molar-refractivity contribution is 5.96. The Kier molecular flexibility index (Phi) is 9.59. The number of nitrogens with zero attached hydrogens (tertiary/aromatic N) is 1. The zero-order chi connectivity index (χ0) is 45.3. The Bertz CT molecular complexity index is 3430. The van der Waals surface area contributed by atoms with E-state index in [4.69, 9.17) is 0 Å². The van der Waals surface area contributed by atoms with Gasteiger partial charge in [0.25, 0.3) is 0 Å². The number of anilines is 3. The molecule has 0 heterocycles. The molecule has 0 unspecified atom stereocenters. The Morgan fingerprint density at radius 3 is 1.37 bits per heavy atom. The molecular formula is C66H51N. The molecule has 2 aliphatic rings. The number of benzene rings is 10.